The van der Waals surface area contributed by atoms with E-state index in [4.69, 9.17) is 4.74 Å². The maximum absolute atomic E-state index is 12.5. The highest BCUT2D eigenvalue weighted by atomic mass is 16.5. The molecule has 3 rings (SSSR count). The molecule has 5 heteroatoms. The molecule has 2 aliphatic rings. The van der Waals surface area contributed by atoms with Gasteiger partial charge in [-0.05, 0) is 49.9 Å². The number of hydrogen-bond acceptors (Lipinski definition) is 3. The van der Waals surface area contributed by atoms with Gasteiger partial charge >= 0.3 is 0 Å². The molecule has 136 valence electrons. The zero-order chi connectivity index (χ0) is 18.0. The molecule has 1 atom stereocenters. The maximum atomic E-state index is 12.5. The average molecular weight is 344 g/mol. The summed E-state index contributed by atoms with van der Waals surface area (Å²) in [5.41, 5.74) is 0.295. The molecule has 0 unspecified atom stereocenters. The van der Waals surface area contributed by atoms with Gasteiger partial charge in [0.1, 0.15) is 12.4 Å². The fourth-order valence-corrected chi connectivity index (χ4v) is 3.10. The SMILES string of the molecule is CC(C)(C)C(=O)N1CCC[C@@H]1COc1ccc(C(=O)NC2CC2)cc1. The molecule has 2 amide bonds. The number of rotatable bonds is 5. The first kappa shape index (κ1) is 17.8. The van der Waals surface area contributed by atoms with E-state index in [1.54, 1.807) is 12.1 Å². The maximum Gasteiger partial charge on any atom is 0.251 e. The van der Waals surface area contributed by atoms with Gasteiger partial charge in [-0.15, -0.1) is 0 Å². The Morgan fingerprint density at radius 1 is 1.16 bits per heavy atom. The zero-order valence-electron chi connectivity index (χ0n) is 15.4. The Bertz CT molecular complexity index is 629. The van der Waals surface area contributed by atoms with E-state index in [1.165, 1.54) is 0 Å². The van der Waals surface area contributed by atoms with Crippen LogP contribution in [0.2, 0.25) is 0 Å². The van der Waals surface area contributed by atoms with Crippen molar-refractivity contribution in [3.63, 3.8) is 0 Å². The van der Waals surface area contributed by atoms with Gasteiger partial charge in [-0.1, -0.05) is 20.8 Å². The van der Waals surface area contributed by atoms with Gasteiger partial charge in [-0.2, -0.15) is 0 Å². The Kier molecular flexibility index (Phi) is 5.02. The number of ether oxygens (including phenoxy) is 1. The van der Waals surface area contributed by atoms with Crippen molar-refractivity contribution in [3.8, 4) is 5.75 Å². The summed E-state index contributed by atoms with van der Waals surface area (Å²) in [4.78, 5) is 26.5. The molecule has 2 fully saturated rings. The number of nitrogens with one attached hydrogen (secondary N) is 1. The lowest BCUT2D eigenvalue weighted by Crippen LogP contribution is -2.44. The van der Waals surface area contributed by atoms with Crippen LogP contribution in [0.3, 0.4) is 0 Å². The van der Waals surface area contributed by atoms with Crippen LogP contribution < -0.4 is 10.1 Å². The van der Waals surface area contributed by atoms with Crippen molar-refractivity contribution in [2.75, 3.05) is 13.2 Å². The van der Waals surface area contributed by atoms with E-state index in [2.05, 4.69) is 5.32 Å². The molecule has 1 N–H and O–H groups in total. The predicted octanol–water partition coefficient (Wildman–Crippen LogP) is 2.99. The van der Waals surface area contributed by atoms with Crippen LogP contribution in [0.5, 0.6) is 5.75 Å². The number of amides is 2. The van der Waals surface area contributed by atoms with E-state index in [1.807, 2.05) is 37.8 Å². The summed E-state index contributed by atoms with van der Waals surface area (Å²) in [5.74, 6) is 0.899. The molecule has 1 saturated heterocycles. The first-order valence-corrected chi connectivity index (χ1v) is 9.19. The van der Waals surface area contributed by atoms with E-state index in [-0.39, 0.29) is 23.3 Å². The summed E-state index contributed by atoms with van der Waals surface area (Å²) >= 11 is 0. The van der Waals surface area contributed by atoms with Crippen LogP contribution >= 0.6 is 0 Å². The molecule has 1 saturated carbocycles. The van der Waals surface area contributed by atoms with E-state index in [9.17, 15) is 9.59 Å². The fraction of sp³-hybridized carbons (Fsp3) is 0.600. The molecule has 0 bridgehead atoms. The quantitative estimate of drug-likeness (QED) is 0.893. The molecule has 0 radical (unpaired) electrons. The minimum atomic E-state index is -0.362. The van der Waals surface area contributed by atoms with Gasteiger partial charge in [0.2, 0.25) is 5.91 Å². The van der Waals surface area contributed by atoms with Crippen molar-refractivity contribution in [2.24, 2.45) is 5.41 Å². The summed E-state index contributed by atoms with van der Waals surface area (Å²) in [7, 11) is 0. The lowest BCUT2D eigenvalue weighted by atomic mass is 9.94. The molecule has 0 spiro atoms. The lowest BCUT2D eigenvalue weighted by molar-refractivity contribution is -0.140. The van der Waals surface area contributed by atoms with Crippen molar-refractivity contribution in [2.45, 2.75) is 58.5 Å². The highest BCUT2D eigenvalue weighted by molar-refractivity contribution is 5.94. The highest BCUT2D eigenvalue weighted by Crippen LogP contribution is 2.26. The lowest BCUT2D eigenvalue weighted by Gasteiger charge is -2.30. The number of carbonyl (C=O) groups excluding carboxylic acids is 2. The number of nitrogens with zero attached hydrogens (tertiary/aromatic N) is 1. The van der Waals surface area contributed by atoms with Crippen molar-refractivity contribution in [3.05, 3.63) is 29.8 Å². The second kappa shape index (κ2) is 7.06. The van der Waals surface area contributed by atoms with Crippen LogP contribution in [0.1, 0.15) is 56.8 Å². The monoisotopic (exact) mass is 344 g/mol. The molecule has 1 aliphatic carbocycles. The van der Waals surface area contributed by atoms with Gasteiger partial charge in [0.05, 0.1) is 6.04 Å². The van der Waals surface area contributed by atoms with Crippen LogP contribution in [0.25, 0.3) is 0 Å². The highest BCUT2D eigenvalue weighted by Gasteiger charge is 2.35. The summed E-state index contributed by atoms with van der Waals surface area (Å²) in [5, 5.41) is 2.97. The molecular formula is C20H28N2O3. The Labute approximate surface area is 149 Å². The van der Waals surface area contributed by atoms with Crippen molar-refractivity contribution < 1.29 is 14.3 Å². The Morgan fingerprint density at radius 2 is 1.84 bits per heavy atom. The largest absolute Gasteiger partial charge is 0.491 e. The summed E-state index contributed by atoms with van der Waals surface area (Å²) in [6, 6.07) is 7.72. The van der Waals surface area contributed by atoms with Gasteiger partial charge in [-0.25, -0.2) is 0 Å². The fourth-order valence-electron chi connectivity index (χ4n) is 3.10. The number of benzene rings is 1. The topological polar surface area (TPSA) is 58.6 Å². The number of likely N-dealkylation sites (tertiary alicyclic amines) is 1. The molecule has 1 aromatic carbocycles. The first-order valence-electron chi connectivity index (χ1n) is 9.19. The van der Waals surface area contributed by atoms with E-state index in [0.717, 1.165) is 38.0 Å². The zero-order valence-corrected chi connectivity index (χ0v) is 15.4. The van der Waals surface area contributed by atoms with Crippen LogP contribution in [0, 0.1) is 5.41 Å². The van der Waals surface area contributed by atoms with E-state index >= 15 is 0 Å². The van der Waals surface area contributed by atoms with Crippen molar-refractivity contribution in [1.29, 1.82) is 0 Å². The van der Waals surface area contributed by atoms with Gasteiger partial charge in [0.15, 0.2) is 0 Å². The van der Waals surface area contributed by atoms with Crippen LogP contribution in [0.15, 0.2) is 24.3 Å². The summed E-state index contributed by atoms with van der Waals surface area (Å²) < 4.78 is 5.89. The van der Waals surface area contributed by atoms with E-state index < -0.39 is 0 Å². The molecular weight excluding hydrogens is 316 g/mol. The number of carbonyl (C=O) groups is 2. The normalized spacial score (nSPS) is 20.4. The molecule has 1 heterocycles. The van der Waals surface area contributed by atoms with Gasteiger partial charge in [0, 0.05) is 23.6 Å². The van der Waals surface area contributed by atoms with Crippen LogP contribution in [0.4, 0.5) is 0 Å². The standard InChI is InChI=1S/C20H28N2O3/c1-20(2,3)19(24)22-12-4-5-16(22)13-25-17-10-6-14(7-11-17)18(23)21-15-8-9-15/h6-7,10-11,15-16H,4-5,8-9,12-13H2,1-3H3,(H,21,23)/t16-/m1/s1. The molecule has 1 aromatic rings. The van der Waals surface area contributed by atoms with Gasteiger partial charge in [-0.3, -0.25) is 9.59 Å². The number of hydrogen-bond donors (Lipinski definition) is 1. The summed E-state index contributed by atoms with van der Waals surface area (Å²) in [6.45, 7) is 7.17. The molecule has 0 aromatic heterocycles. The summed E-state index contributed by atoms with van der Waals surface area (Å²) in [6.07, 6.45) is 4.16. The third-order valence-electron chi connectivity index (χ3n) is 4.75. The second-order valence-electron chi connectivity index (χ2n) is 8.13. The van der Waals surface area contributed by atoms with Crippen molar-refractivity contribution >= 4 is 11.8 Å². The third kappa shape index (κ3) is 4.53. The Balaban J connectivity index is 1.54. The van der Waals surface area contributed by atoms with Crippen LogP contribution in [-0.4, -0.2) is 41.9 Å². The smallest absolute Gasteiger partial charge is 0.251 e. The minimum absolute atomic E-state index is 0.0215. The minimum Gasteiger partial charge on any atom is -0.491 e. The molecule has 5 nitrogen and oxygen atoms in total. The first-order chi connectivity index (χ1) is 11.8. The van der Waals surface area contributed by atoms with E-state index in [0.29, 0.717) is 18.2 Å². The van der Waals surface area contributed by atoms with Crippen LogP contribution in [-0.2, 0) is 4.79 Å². The van der Waals surface area contributed by atoms with Gasteiger partial charge < -0.3 is 15.0 Å². The average Bonchev–Trinajstić information content (AvgIpc) is 3.26. The predicted molar refractivity (Wildman–Crippen MR) is 96.6 cm³/mol. The third-order valence-corrected chi connectivity index (χ3v) is 4.75. The van der Waals surface area contributed by atoms with Gasteiger partial charge in [0.25, 0.3) is 5.91 Å². The van der Waals surface area contributed by atoms with Crippen molar-refractivity contribution in [1.82, 2.24) is 10.2 Å². The second-order valence-corrected chi connectivity index (χ2v) is 8.13. The molecule has 1 aliphatic heterocycles. The Morgan fingerprint density at radius 3 is 2.44 bits per heavy atom. The molecule has 25 heavy (non-hydrogen) atoms. The Hall–Kier alpha value is -2.04.